The van der Waals surface area contributed by atoms with Crippen molar-refractivity contribution in [3.63, 3.8) is 0 Å². The molecule has 6 nitrogen and oxygen atoms in total. The summed E-state index contributed by atoms with van der Waals surface area (Å²) in [4.78, 5) is 24.4. The molecule has 0 spiro atoms. The first-order chi connectivity index (χ1) is 9.04. The van der Waals surface area contributed by atoms with E-state index in [4.69, 9.17) is 5.73 Å². The molecule has 1 saturated heterocycles. The van der Waals surface area contributed by atoms with Crippen LogP contribution in [0.4, 0.5) is 5.69 Å². The number of carbonyl (C=O) groups excluding carboxylic acids is 1. The van der Waals surface area contributed by atoms with E-state index in [1.807, 2.05) is 0 Å². The second kappa shape index (κ2) is 5.66. The molecule has 1 fully saturated rings. The number of hydrogen-bond donors (Lipinski definition) is 1. The third-order valence-electron chi connectivity index (χ3n) is 3.30. The molecule has 0 bridgehead atoms. The lowest BCUT2D eigenvalue weighted by Crippen LogP contribution is -2.40. The Hall–Kier alpha value is -1.47. The average molecular weight is 328 g/mol. The summed E-state index contributed by atoms with van der Waals surface area (Å²) in [6, 6.07) is 4.22. The molecular formula is C12H14BrN3O3. The monoisotopic (exact) mass is 327 g/mol. The molecule has 1 unspecified atom stereocenters. The third kappa shape index (κ3) is 2.76. The van der Waals surface area contributed by atoms with Gasteiger partial charge >= 0.3 is 0 Å². The average Bonchev–Trinajstić information content (AvgIpc) is 2.86. The van der Waals surface area contributed by atoms with Gasteiger partial charge in [-0.05, 0) is 34.8 Å². The minimum atomic E-state index is -0.506. The summed E-state index contributed by atoms with van der Waals surface area (Å²) in [6.07, 6.45) is 1.80. The summed E-state index contributed by atoms with van der Waals surface area (Å²) in [7, 11) is 0. The molecule has 1 aliphatic rings. The molecular weight excluding hydrogens is 314 g/mol. The molecule has 1 heterocycles. The van der Waals surface area contributed by atoms with Crippen LogP contribution in [0.2, 0.25) is 0 Å². The molecule has 0 radical (unpaired) electrons. The number of nitro groups is 1. The first-order valence-electron chi connectivity index (χ1n) is 5.99. The van der Waals surface area contributed by atoms with E-state index < -0.39 is 4.92 Å². The maximum atomic E-state index is 12.4. The van der Waals surface area contributed by atoms with Crippen LogP contribution in [0.15, 0.2) is 22.7 Å². The number of nitro benzene ring substituents is 1. The Bertz CT molecular complexity index is 521. The number of carbonyl (C=O) groups is 1. The predicted molar refractivity (Wildman–Crippen MR) is 73.9 cm³/mol. The van der Waals surface area contributed by atoms with Gasteiger partial charge in [-0.15, -0.1) is 0 Å². The molecule has 0 aliphatic carbocycles. The molecule has 2 rings (SSSR count). The maximum absolute atomic E-state index is 12.4. The lowest BCUT2D eigenvalue weighted by molar-refractivity contribution is -0.384. The summed E-state index contributed by atoms with van der Waals surface area (Å²) >= 11 is 3.27. The van der Waals surface area contributed by atoms with E-state index in [2.05, 4.69) is 15.9 Å². The zero-order valence-electron chi connectivity index (χ0n) is 10.2. The van der Waals surface area contributed by atoms with Crippen molar-refractivity contribution in [1.29, 1.82) is 0 Å². The van der Waals surface area contributed by atoms with E-state index in [0.717, 1.165) is 12.8 Å². The zero-order chi connectivity index (χ0) is 14.0. The van der Waals surface area contributed by atoms with E-state index in [9.17, 15) is 14.9 Å². The van der Waals surface area contributed by atoms with E-state index in [-0.39, 0.29) is 17.6 Å². The van der Waals surface area contributed by atoms with Crippen molar-refractivity contribution in [2.45, 2.75) is 18.9 Å². The van der Waals surface area contributed by atoms with Gasteiger partial charge < -0.3 is 10.6 Å². The molecule has 0 aromatic heterocycles. The van der Waals surface area contributed by atoms with Crippen LogP contribution >= 0.6 is 15.9 Å². The number of amides is 1. The first kappa shape index (κ1) is 14.0. The third-order valence-corrected chi connectivity index (χ3v) is 3.99. The summed E-state index contributed by atoms with van der Waals surface area (Å²) in [6.45, 7) is 1.06. The van der Waals surface area contributed by atoms with E-state index in [1.165, 1.54) is 18.2 Å². The van der Waals surface area contributed by atoms with Crippen LogP contribution in [0, 0.1) is 10.1 Å². The minimum Gasteiger partial charge on any atom is -0.334 e. The highest BCUT2D eigenvalue weighted by atomic mass is 79.9. The Morgan fingerprint density at radius 2 is 2.32 bits per heavy atom. The van der Waals surface area contributed by atoms with Crippen LogP contribution in [-0.4, -0.2) is 34.9 Å². The first-order valence-corrected chi connectivity index (χ1v) is 6.79. The number of nitrogens with two attached hydrogens (primary N) is 1. The standard InChI is InChI=1S/C12H14BrN3O3/c13-11-4-3-8(16(18)19)6-10(11)12(17)15-5-1-2-9(15)7-14/h3-4,6,9H,1-2,5,7,14H2. The molecule has 102 valence electrons. The van der Waals surface area contributed by atoms with Gasteiger partial charge in [0.15, 0.2) is 0 Å². The van der Waals surface area contributed by atoms with E-state index in [1.54, 1.807) is 4.90 Å². The largest absolute Gasteiger partial charge is 0.334 e. The number of halogens is 1. The van der Waals surface area contributed by atoms with Crippen molar-refractivity contribution in [2.75, 3.05) is 13.1 Å². The van der Waals surface area contributed by atoms with E-state index in [0.29, 0.717) is 23.1 Å². The van der Waals surface area contributed by atoms with Crippen molar-refractivity contribution < 1.29 is 9.72 Å². The lowest BCUT2D eigenvalue weighted by Gasteiger charge is -2.23. The Balaban J connectivity index is 2.32. The summed E-state index contributed by atoms with van der Waals surface area (Å²) in [5, 5.41) is 10.8. The Kier molecular flexibility index (Phi) is 4.16. The SMILES string of the molecule is NCC1CCCN1C(=O)c1cc([N+](=O)[O-])ccc1Br. The number of rotatable bonds is 3. The van der Waals surface area contributed by atoms with Crippen molar-refractivity contribution in [2.24, 2.45) is 5.73 Å². The van der Waals surface area contributed by atoms with Gasteiger partial charge in [-0.3, -0.25) is 14.9 Å². The molecule has 1 amide bonds. The molecule has 19 heavy (non-hydrogen) atoms. The number of likely N-dealkylation sites (tertiary alicyclic amines) is 1. The van der Waals surface area contributed by atoms with Gasteiger partial charge in [-0.25, -0.2) is 0 Å². The maximum Gasteiger partial charge on any atom is 0.270 e. The van der Waals surface area contributed by atoms with Gasteiger partial charge in [0.1, 0.15) is 0 Å². The molecule has 1 aromatic carbocycles. The second-order valence-electron chi connectivity index (χ2n) is 4.45. The van der Waals surface area contributed by atoms with Gasteiger partial charge in [-0.2, -0.15) is 0 Å². The van der Waals surface area contributed by atoms with Crippen molar-refractivity contribution in [3.8, 4) is 0 Å². The normalized spacial score (nSPS) is 18.6. The Morgan fingerprint density at radius 1 is 1.58 bits per heavy atom. The highest BCUT2D eigenvalue weighted by Crippen LogP contribution is 2.26. The number of non-ortho nitro benzene ring substituents is 1. The second-order valence-corrected chi connectivity index (χ2v) is 5.31. The van der Waals surface area contributed by atoms with Crippen LogP contribution in [0.1, 0.15) is 23.2 Å². The topological polar surface area (TPSA) is 89.5 Å². The number of nitrogens with zero attached hydrogens (tertiary/aromatic N) is 2. The van der Waals surface area contributed by atoms with Gasteiger partial charge in [0.2, 0.25) is 0 Å². The van der Waals surface area contributed by atoms with Crippen molar-refractivity contribution in [1.82, 2.24) is 4.90 Å². The van der Waals surface area contributed by atoms with Crippen molar-refractivity contribution in [3.05, 3.63) is 38.3 Å². The van der Waals surface area contributed by atoms with Crippen LogP contribution in [0.3, 0.4) is 0 Å². The molecule has 1 aromatic rings. The minimum absolute atomic E-state index is 0.0265. The highest BCUT2D eigenvalue weighted by Gasteiger charge is 2.30. The fourth-order valence-corrected chi connectivity index (χ4v) is 2.71. The number of benzene rings is 1. The van der Waals surface area contributed by atoms with Crippen LogP contribution in [0.25, 0.3) is 0 Å². The highest BCUT2D eigenvalue weighted by molar-refractivity contribution is 9.10. The lowest BCUT2D eigenvalue weighted by atomic mass is 10.1. The molecule has 1 atom stereocenters. The summed E-state index contributed by atoms with van der Waals surface area (Å²) in [5.41, 5.74) is 5.87. The van der Waals surface area contributed by atoms with Crippen LogP contribution in [0.5, 0.6) is 0 Å². The molecule has 0 saturated carbocycles. The predicted octanol–water partition coefficient (Wildman–Crippen LogP) is 1.92. The molecule has 1 aliphatic heterocycles. The van der Waals surface area contributed by atoms with Gasteiger partial charge in [0.05, 0.1) is 10.5 Å². The molecule has 2 N–H and O–H groups in total. The Labute approximate surface area is 118 Å². The van der Waals surface area contributed by atoms with Crippen LogP contribution < -0.4 is 5.73 Å². The van der Waals surface area contributed by atoms with Gasteiger partial charge in [0.25, 0.3) is 11.6 Å². The van der Waals surface area contributed by atoms with Gasteiger partial charge in [0, 0.05) is 35.7 Å². The smallest absolute Gasteiger partial charge is 0.270 e. The van der Waals surface area contributed by atoms with Crippen molar-refractivity contribution >= 4 is 27.5 Å². The van der Waals surface area contributed by atoms with E-state index >= 15 is 0 Å². The fourth-order valence-electron chi connectivity index (χ4n) is 2.29. The Morgan fingerprint density at radius 3 is 2.95 bits per heavy atom. The summed E-state index contributed by atoms with van der Waals surface area (Å²) < 4.78 is 0.561. The van der Waals surface area contributed by atoms with Crippen LogP contribution in [-0.2, 0) is 0 Å². The fraction of sp³-hybridized carbons (Fsp3) is 0.417. The van der Waals surface area contributed by atoms with Gasteiger partial charge in [-0.1, -0.05) is 0 Å². The number of hydrogen-bond acceptors (Lipinski definition) is 4. The molecule has 7 heteroatoms. The zero-order valence-corrected chi connectivity index (χ0v) is 11.8. The summed E-state index contributed by atoms with van der Waals surface area (Å²) in [5.74, 6) is -0.205. The quantitative estimate of drug-likeness (QED) is 0.678.